The normalized spacial score (nSPS) is 19.6. The number of hydrogen-bond donors (Lipinski definition) is 2. The van der Waals surface area contributed by atoms with E-state index in [9.17, 15) is 14.7 Å². The number of carbonyl (C=O) groups excluding carboxylic acids is 2. The van der Waals surface area contributed by atoms with E-state index in [1.54, 1.807) is 19.0 Å². The first-order valence-electron chi connectivity index (χ1n) is 8.69. The molecule has 0 spiro atoms. The Morgan fingerprint density at radius 1 is 1.23 bits per heavy atom. The van der Waals surface area contributed by atoms with Gasteiger partial charge < -0.3 is 20.2 Å². The number of carbonyl (C=O) groups is 2. The molecule has 26 heavy (non-hydrogen) atoms. The molecule has 3 amide bonds. The zero-order valence-electron chi connectivity index (χ0n) is 15.1. The number of aromatic nitrogens is 1. The van der Waals surface area contributed by atoms with Gasteiger partial charge in [-0.1, -0.05) is 24.3 Å². The van der Waals surface area contributed by atoms with Crippen molar-refractivity contribution in [2.45, 2.75) is 12.5 Å². The van der Waals surface area contributed by atoms with Crippen LogP contribution in [0.2, 0.25) is 0 Å². The first kappa shape index (κ1) is 18.1. The maximum Gasteiger partial charge on any atom is 0.317 e. The molecule has 1 aliphatic rings. The summed E-state index contributed by atoms with van der Waals surface area (Å²) >= 11 is 0. The summed E-state index contributed by atoms with van der Waals surface area (Å²) in [5.41, 5.74) is 1.83. The topological polar surface area (TPSA) is 85.8 Å². The van der Waals surface area contributed by atoms with Gasteiger partial charge in [0.2, 0.25) is 5.91 Å². The van der Waals surface area contributed by atoms with E-state index in [2.05, 4.69) is 10.3 Å². The summed E-state index contributed by atoms with van der Waals surface area (Å²) in [6.45, 7) is 0.686. The lowest BCUT2D eigenvalue weighted by molar-refractivity contribution is -0.129. The quantitative estimate of drug-likeness (QED) is 0.851. The van der Waals surface area contributed by atoms with E-state index in [0.717, 1.165) is 16.6 Å². The zero-order valence-corrected chi connectivity index (χ0v) is 15.1. The lowest BCUT2D eigenvalue weighted by Gasteiger charge is -2.18. The molecule has 7 nitrogen and oxygen atoms in total. The van der Waals surface area contributed by atoms with E-state index < -0.39 is 6.10 Å². The average Bonchev–Trinajstić information content (AvgIpc) is 2.99. The highest BCUT2D eigenvalue weighted by atomic mass is 16.3. The number of likely N-dealkylation sites (tertiary alicyclic amines) is 1. The van der Waals surface area contributed by atoms with Crippen LogP contribution in [0.15, 0.2) is 36.4 Å². The predicted molar refractivity (Wildman–Crippen MR) is 98.6 cm³/mol. The molecule has 2 unspecified atom stereocenters. The van der Waals surface area contributed by atoms with Crippen molar-refractivity contribution in [2.24, 2.45) is 5.92 Å². The number of hydrogen-bond acceptors (Lipinski definition) is 4. The lowest BCUT2D eigenvalue weighted by Crippen LogP contribution is -2.42. The van der Waals surface area contributed by atoms with Gasteiger partial charge in [-0.15, -0.1) is 0 Å². The highest BCUT2D eigenvalue weighted by Gasteiger charge is 2.34. The zero-order chi connectivity index (χ0) is 18.7. The summed E-state index contributed by atoms with van der Waals surface area (Å²) in [7, 11) is 3.23. The summed E-state index contributed by atoms with van der Waals surface area (Å²) in [4.78, 5) is 31.4. The highest BCUT2D eigenvalue weighted by Crippen LogP contribution is 2.22. The number of nitrogens with zero attached hydrogens (tertiary/aromatic N) is 3. The van der Waals surface area contributed by atoms with Crippen LogP contribution < -0.4 is 5.32 Å². The second kappa shape index (κ2) is 7.70. The van der Waals surface area contributed by atoms with Crippen LogP contribution in [0.1, 0.15) is 5.69 Å². The third-order valence-corrected chi connectivity index (χ3v) is 4.68. The molecule has 0 saturated carbocycles. The average molecular weight is 356 g/mol. The Bertz CT molecular complexity index is 808. The fraction of sp³-hybridized carbons (Fsp3) is 0.421. The van der Waals surface area contributed by atoms with Crippen LogP contribution >= 0.6 is 0 Å². The van der Waals surface area contributed by atoms with Gasteiger partial charge in [0.15, 0.2) is 0 Å². The maximum atomic E-state index is 12.3. The van der Waals surface area contributed by atoms with Crippen LogP contribution in [0.4, 0.5) is 4.79 Å². The van der Waals surface area contributed by atoms with Gasteiger partial charge in [-0.25, -0.2) is 4.79 Å². The molecule has 3 rings (SSSR count). The van der Waals surface area contributed by atoms with Gasteiger partial charge in [0.25, 0.3) is 0 Å². The number of rotatable bonds is 4. The molecule has 2 aromatic rings. The van der Waals surface area contributed by atoms with Crippen LogP contribution in [0.3, 0.4) is 0 Å². The molecule has 2 N–H and O–H groups in total. The Morgan fingerprint density at radius 2 is 2.00 bits per heavy atom. The Morgan fingerprint density at radius 3 is 2.77 bits per heavy atom. The molecule has 0 radical (unpaired) electrons. The maximum absolute atomic E-state index is 12.3. The molecule has 2 atom stereocenters. The molecule has 1 aromatic heterocycles. The van der Waals surface area contributed by atoms with E-state index in [0.29, 0.717) is 13.0 Å². The number of benzene rings is 1. The number of urea groups is 1. The van der Waals surface area contributed by atoms with E-state index >= 15 is 0 Å². The van der Waals surface area contributed by atoms with Crippen LogP contribution in [-0.2, 0) is 11.2 Å². The number of nitrogens with one attached hydrogen (secondary N) is 1. The van der Waals surface area contributed by atoms with Gasteiger partial charge in [0.1, 0.15) is 0 Å². The fourth-order valence-electron chi connectivity index (χ4n) is 3.17. The van der Waals surface area contributed by atoms with Crippen LogP contribution in [0.25, 0.3) is 10.9 Å². The van der Waals surface area contributed by atoms with Crippen LogP contribution in [-0.4, -0.2) is 71.7 Å². The Balaban J connectivity index is 1.59. The third-order valence-electron chi connectivity index (χ3n) is 4.68. The smallest absolute Gasteiger partial charge is 0.317 e. The summed E-state index contributed by atoms with van der Waals surface area (Å²) in [6.07, 6.45) is 0.0246. The first-order valence-corrected chi connectivity index (χ1v) is 8.69. The molecule has 138 valence electrons. The first-order chi connectivity index (χ1) is 12.4. The van der Waals surface area contributed by atoms with E-state index in [1.807, 2.05) is 36.4 Å². The monoisotopic (exact) mass is 356 g/mol. The fourth-order valence-corrected chi connectivity index (χ4v) is 3.17. The van der Waals surface area contributed by atoms with Crippen molar-refractivity contribution in [2.75, 3.05) is 33.7 Å². The highest BCUT2D eigenvalue weighted by molar-refractivity contribution is 5.84. The summed E-state index contributed by atoms with van der Waals surface area (Å²) in [6, 6.07) is 11.6. The van der Waals surface area contributed by atoms with Gasteiger partial charge in [0.05, 0.1) is 18.2 Å². The Hall–Kier alpha value is -2.67. The number of aliphatic hydroxyl groups excluding tert-OH is 1. The van der Waals surface area contributed by atoms with Crippen LogP contribution in [0.5, 0.6) is 0 Å². The van der Waals surface area contributed by atoms with Crippen molar-refractivity contribution in [3.63, 3.8) is 0 Å². The van der Waals surface area contributed by atoms with Gasteiger partial charge in [0, 0.05) is 44.2 Å². The van der Waals surface area contributed by atoms with Gasteiger partial charge >= 0.3 is 6.03 Å². The largest absolute Gasteiger partial charge is 0.391 e. The van der Waals surface area contributed by atoms with Crippen molar-refractivity contribution in [1.82, 2.24) is 20.1 Å². The number of pyridine rings is 1. The number of para-hydroxylation sites is 1. The number of amides is 3. The molecule has 0 bridgehead atoms. The Labute approximate surface area is 152 Å². The molecular formula is C19H24N4O3. The molecule has 2 heterocycles. The van der Waals surface area contributed by atoms with Gasteiger partial charge in [-0.3, -0.25) is 9.78 Å². The van der Waals surface area contributed by atoms with Crippen molar-refractivity contribution < 1.29 is 14.7 Å². The summed E-state index contributed by atoms with van der Waals surface area (Å²) < 4.78 is 0. The SMILES string of the molecule is CN(C)C(=O)NCC(=O)N1CC(O)C(Cc2ccc3ccccc3n2)C1. The summed E-state index contributed by atoms with van der Waals surface area (Å²) in [5, 5.41) is 14.0. The molecular weight excluding hydrogens is 332 g/mol. The summed E-state index contributed by atoms with van der Waals surface area (Å²) in [5.74, 6) is -0.245. The number of β-amino-alcohol motifs (C(OH)–C–C–N with tert-alkyl or cyclic N) is 1. The van der Waals surface area contributed by atoms with Crippen molar-refractivity contribution in [1.29, 1.82) is 0 Å². The third kappa shape index (κ3) is 4.11. The van der Waals surface area contributed by atoms with E-state index in [4.69, 9.17) is 0 Å². The molecule has 1 aliphatic heterocycles. The van der Waals surface area contributed by atoms with Crippen LogP contribution in [0, 0.1) is 5.92 Å². The number of aliphatic hydroxyl groups is 1. The Kier molecular flexibility index (Phi) is 5.37. The van der Waals surface area contributed by atoms with E-state index in [1.165, 1.54) is 4.90 Å². The van der Waals surface area contributed by atoms with Gasteiger partial charge in [-0.2, -0.15) is 0 Å². The van der Waals surface area contributed by atoms with E-state index in [-0.39, 0.29) is 30.9 Å². The molecule has 1 fully saturated rings. The number of fused-ring (bicyclic) bond motifs is 1. The minimum Gasteiger partial charge on any atom is -0.391 e. The second-order valence-corrected chi connectivity index (χ2v) is 6.88. The standard InChI is InChI=1S/C19H24N4O3/c1-22(2)19(26)20-10-18(25)23-11-14(17(24)12-23)9-15-8-7-13-5-3-4-6-16(13)21-15/h3-8,14,17,24H,9-12H2,1-2H3,(H,20,26). The molecule has 1 aromatic carbocycles. The van der Waals surface area contributed by atoms with Gasteiger partial charge in [-0.05, 0) is 18.6 Å². The van der Waals surface area contributed by atoms with Crippen molar-refractivity contribution in [3.8, 4) is 0 Å². The van der Waals surface area contributed by atoms with Crippen molar-refractivity contribution >= 4 is 22.8 Å². The predicted octanol–water partition coefficient (Wildman–Crippen LogP) is 0.868. The molecule has 0 aliphatic carbocycles. The molecule has 1 saturated heterocycles. The second-order valence-electron chi connectivity index (χ2n) is 6.88. The molecule has 7 heteroatoms. The minimum atomic E-state index is -0.586. The minimum absolute atomic E-state index is 0.0582. The van der Waals surface area contributed by atoms with Crippen molar-refractivity contribution in [3.05, 3.63) is 42.1 Å². The lowest BCUT2D eigenvalue weighted by atomic mass is 9.99.